The lowest BCUT2D eigenvalue weighted by Crippen LogP contribution is -2.02. The highest BCUT2D eigenvalue weighted by molar-refractivity contribution is 9.10. The van der Waals surface area contributed by atoms with Crippen LogP contribution in [0.4, 0.5) is 0 Å². The smallest absolute Gasteiger partial charge is 0.193 e. The summed E-state index contributed by atoms with van der Waals surface area (Å²) in [6.45, 7) is 4.03. The first kappa shape index (κ1) is 14.0. The maximum Gasteiger partial charge on any atom is 0.193 e. The summed E-state index contributed by atoms with van der Waals surface area (Å²) < 4.78 is 1.04. The van der Waals surface area contributed by atoms with Gasteiger partial charge in [0.15, 0.2) is 5.78 Å². The van der Waals surface area contributed by atoms with Crippen molar-refractivity contribution in [3.8, 4) is 0 Å². The van der Waals surface area contributed by atoms with Crippen LogP contribution in [0.15, 0.2) is 59.1 Å². The number of ketones is 1. The van der Waals surface area contributed by atoms with E-state index in [0.717, 1.165) is 37.5 Å². The highest BCUT2D eigenvalue weighted by Crippen LogP contribution is 2.22. The number of benzene rings is 3. The second-order valence-electron chi connectivity index (χ2n) is 5.41. The van der Waals surface area contributed by atoms with E-state index in [2.05, 4.69) is 28.1 Å². The van der Waals surface area contributed by atoms with Crippen molar-refractivity contribution in [1.29, 1.82) is 0 Å². The van der Waals surface area contributed by atoms with Gasteiger partial charge in [-0.15, -0.1) is 0 Å². The quantitative estimate of drug-likeness (QED) is 0.568. The van der Waals surface area contributed by atoms with Crippen LogP contribution >= 0.6 is 15.9 Å². The average molecular weight is 339 g/mol. The Balaban J connectivity index is 2.07. The van der Waals surface area contributed by atoms with Crippen LogP contribution in [0.25, 0.3) is 10.8 Å². The lowest BCUT2D eigenvalue weighted by atomic mass is 9.97. The zero-order chi connectivity index (χ0) is 15.0. The van der Waals surface area contributed by atoms with E-state index >= 15 is 0 Å². The van der Waals surface area contributed by atoms with Crippen LogP contribution in [0.2, 0.25) is 0 Å². The summed E-state index contributed by atoms with van der Waals surface area (Å²) in [5.41, 5.74) is 3.71. The molecule has 0 N–H and O–H groups in total. The summed E-state index contributed by atoms with van der Waals surface area (Å²) in [4.78, 5) is 12.7. The van der Waals surface area contributed by atoms with Gasteiger partial charge in [-0.3, -0.25) is 4.79 Å². The van der Waals surface area contributed by atoms with Crippen LogP contribution in [0, 0.1) is 13.8 Å². The van der Waals surface area contributed by atoms with Gasteiger partial charge in [-0.25, -0.2) is 0 Å². The number of rotatable bonds is 2. The predicted octanol–water partition coefficient (Wildman–Crippen LogP) is 5.45. The van der Waals surface area contributed by atoms with E-state index in [0.29, 0.717) is 0 Å². The van der Waals surface area contributed by atoms with Gasteiger partial charge >= 0.3 is 0 Å². The van der Waals surface area contributed by atoms with Crippen LogP contribution in [-0.4, -0.2) is 5.78 Å². The normalized spacial score (nSPS) is 10.8. The Labute approximate surface area is 132 Å². The molecule has 3 aromatic carbocycles. The fraction of sp³-hybridized carbons (Fsp3) is 0.105. The number of carbonyl (C=O) groups excluding carboxylic acids is 1. The van der Waals surface area contributed by atoms with Crippen LogP contribution in [0.3, 0.4) is 0 Å². The fourth-order valence-corrected chi connectivity index (χ4v) is 3.01. The summed E-state index contributed by atoms with van der Waals surface area (Å²) in [6, 6.07) is 17.9. The van der Waals surface area contributed by atoms with Gasteiger partial charge in [0.05, 0.1) is 0 Å². The third kappa shape index (κ3) is 2.91. The lowest BCUT2D eigenvalue weighted by molar-refractivity contribution is 0.103. The second kappa shape index (κ2) is 5.45. The first-order valence-electron chi connectivity index (χ1n) is 6.85. The molecule has 0 aliphatic heterocycles. The molecule has 0 aliphatic carbocycles. The third-order valence-corrected chi connectivity index (χ3v) is 4.04. The molecular weight excluding hydrogens is 324 g/mol. The van der Waals surface area contributed by atoms with Crippen LogP contribution in [-0.2, 0) is 0 Å². The lowest BCUT2D eigenvalue weighted by Gasteiger charge is -2.06. The molecule has 0 radical (unpaired) electrons. The van der Waals surface area contributed by atoms with Gasteiger partial charge in [0.1, 0.15) is 0 Å². The Hall–Kier alpha value is -1.93. The molecule has 3 aromatic rings. The summed E-state index contributed by atoms with van der Waals surface area (Å²) >= 11 is 3.47. The topological polar surface area (TPSA) is 17.1 Å². The molecule has 0 aromatic heterocycles. The number of hydrogen-bond donors (Lipinski definition) is 0. The molecule has 0 spiro atoms. The zero-order valence-corrected chi connectivity index (χ0v) is 13.6. The van der Waals surface area contributed by atoms with E-state index in [1.165, 1.54) is 0 Å². The molecule has 0 bridgehead atoms. The molecule has 0 saturated heterocycles. The maximum atomic E-state index is 12.7. The minimum atomic E-state index is 0.0756. The Kier molecular flexibility index (Phi) is 3.64. The fourth-order valence-electron chi connectivity index (χ4n) is 2.63. The Bertz CT molecular complexity index is 829. The van der Waals surface area contributed by atoms with Crippen molar-refractivity contribution in [2.24, 2.45) is 0 Å². The van der Waals surface area contributed by atoms with Gasteiger partial charge in [0.2, 0.25) is 0 Å². The molecule has 104 valence electrons. The number of aryl methyl sites for hydroxylation is 2. The van der Waals surface area contributed by atoms with Crippen molar-refractivity contribution in [3.05, 3.63) is 81.3 Å². The number of carbonyl (C=O) groups is 1. The highest BCUT2D eigenvalue weighted by atomic mass is 79.9. The van der Waals surface area contributed by atoms with Crippen LogP contribution in [0.1, 0.15) is 27.0 Å². The third-order valence-electron chi connectivity index (χ3n) is 3.55. The standard InChI is InChI=1S/C19H15BrO/c1-12-7-13(2)9-17(8-12)19(21)16-4-3-15-11-18(20)6-5-14(15)10-16/h3-11H,1-2H3. The Morgan fingerprint density at radius 2 is 1.38 bits per heavy atom. The molecule has 0 atom stereocenters. The molecule has 0 amide bonds. The molecule has 0 heterocycles. The van der Waals surface area contributed by atoms with Gasteiger partial charge in [-0.1, -0.05) is 51.3 Å². The van der Waals surface area contributed by atoms with Crippen molar-refractivity contribution < 1.29 is 4.79 Å². The molecular formula is C19H15BrO. The van der Waals surface area contributed by atoms with Crippen molar-refractivity contribution in [2.45, 2.75) is 13.8 Å². The Morgan fingerprint density at radius 1 is 0.762 bits per heavy atom. The van der Waals surface area contributed by atoms with E-state index in [4.69, 9.17) is 0 Å². The monoisotopic (exact) mass is 338 g/mol. The molecule has 2 heteroatoms. The Morgan fingerprint density at radius 3 is 2.10 bits per heavy atom. The molecule has 0 unspecified atom stereocenters. The number of hydrogen-bond acceptors (Lipinski definition) is 1. The number of fused-ring (bicyclic) bond motifs is 1. The van der Waals surface area contributed by atoms with E-state index in [1.54, 1.807) is 0 Å². The molecule has 3 rings (SSSR count). The minimum Gasteiger partial charge on any atom is -0.289 e. The van der Waals surface area contributed by atoms with E-state index < -0.39 is 0 Å². The van der Waals surface area contributed by atoms with Crippen molar-refractivity contribution >= 4 is 32.5 Å². The first-order chi connectivity index (χ1) is 10.0. The molecule has 0 fully saturated rings. The second-order valence-corrected chi connectivity index (χ2v) is 6.33. The van der Waals surface area contributed by atoms with Gasteiger partial charge < -0.3 is 0 Å². The molecule has 0 saturated carbocycles. The van der Waals surface area contributed by atoms with E-state index in [1.807, 2.05) is 56.3 Å². The van der Waals surface area contributed by atoms with Gasteiger partial charge in [-0.2, -0.15) is 0 Å². The van der Waals surface area contributed by atoms with Gasteiger partial charge in [0.25, 0.3) is 0 Å². The van der Waals surface area contributed by atoms with Gasteiger partial charge in [0, 0.05) is 15.6 Å². The summed E-state index contributed by atoms with van der Waals surface area (Å²) in [5, 5.41) is 2.20. The average Bonchev–Trinajstić information content (AvgIpc) is 2.45. The van der Waals surface area contributed by atoms with Crippen LogP contribution < -0.4 is 0 Å². The van der Waals surface area contributed by atoms with E-state index in [-0.39, 0.29) is 5.78 Å². The highest BCUT2D eigenvalue weighted by Gasteiger charge is 2.10. The SMILES string of the molecule is Cc1cc(C)cc(C(=O)c2ccc3cc(Br)ccc3c2)c1. The molecule has 21 heavy (non-hydrogen) atoms. The zero-order valence-electron chi connectivity index (χ0n) is 12.0. The van der Waals surface area contributed by atoms with Crippen molar-refractivity contribution in [3.63, 3.8) is 0 Å². The molecule has 1 nitrogen and oxygen atoms in total. The predicted molar refractivity (Wildman–Crippen MR) is 91.0 cm³/mol. The minimum absolute atomic E-state index is 0.0756. The van der Waals surface area contributed by atoms with E-state index in [9.17, 15) is 4.79 Å². The van der Waals surface area contributed by atoms with Crippen molar-refractivity contribution in [1.82, 2.24) is 0 Å². The summed E-state index contributed by atoms with van der Waals surface area (Å²) in [5.74, 6) is 0.0756. The summed E-state index contributed by atoms with van der Waals surface area (Å²) in [6.07, 6.45) is 0. The molecule has 0 aliphatic rings. The van der Waals surface area contributed by atoms with Crippen LogP contribution in [0.5, 0.6) is 0 Å². The van der Waals surface area contributed by atoms with Crippen molar-refractivity contribution in [2.75, 3.05) is 0 Å². The van der Waals surface area contributed by atoms with Gasteiger partial charge in [-0.05, 0) is 55.0 Å². The number of halogens is 1. The largest absolute Gasteiger partial charge is 0.289 e. The maximum absolute atomic E-state index is 12.7. The first-order valence-corrected chi connectivity index (χ1v) is 7.64. The summed E-state index contributed by atoms with van der Waals surface area (Å²) in [7, 11) is 0.